The number of aliphatic imine (C=N–C) groups is 1. The molecule has 1 N–H and O–H groups in total. The molecule has 2 aliphatic rings. The van der Waals surface area contributed by atoms with Gasteiger partial charge in [0, 0.05) is 24.5 Å². The monoisotopic (exact) mass is 491 g/mol. The van der Waals surface area contributed by atoms with Crippen LogP contribution in [0.4, 0.5) is 5.69 Å². The van der Waals surface area contributed by atoms with Crippen LogP contribution in [-0.2, 0) is 17.9 Å². The summed E-state index contributed by atoms with van der Waals surface area (Å²) in [6.07, 6.45) is 12.7. The first-order valence-electron chi connectivity index (χ1n) is 12.3. The van der Waals surface area contributed by atoms with Crippen LogP contribution < -0.4 is 10.1 Å². The number of hydrogen-bond acceptors (Lipinski definition) is 5. The van der Waals surface area contributed by atoms with Crippen molar-refractivity contribution in [2.75, 3.05) is 6.61 Å². The minimum Gasteiger partial charge on any atom is -0.492 e. The second-order valence-corrected chi connectivity index (χ2v) is 9.39. The largest absolute Gasteiger partial charge is 0.492 e. The molecule has 0 radical (unpaired) electrons. The van der Waals surface area contributed by atoms with Crippen molar-refractivity contribution < 1.29 is 9.53 Å². The van der Waals surface area contributed by atoms with E-state index in [0.717, 1.165) is 36.2 Å². The van der Waals surface area contributed by atoms with E-state index in [-0.39, 0.29) is 5.91 Å². The van der Waals surface area contributed by atoms with Crippen LogP contribution in [-0.4, -0.2) is 32.9 Å². The summed E-state index contributed by atoms with van der Waals surface area (Å²) in [5, 5.41) is 3.49. The van der Waals surface area contributed by atoms with E-state index >= 15 is 0 Å². The van der Waals surface area contributed by atoms with Crippen LogP contribution in [0, 0.1) is 0 Å². The van der Waals surface area contributed by atoms with Gasteiger partial charge in [-0.25, -0.2) is 9.98 Å². The molecule has 2 aromatic carbocycles. The number of guanidine groups is 1. The number of unbranched alkanes of at least 4 members (excludes halogenated alkanes) is 5. The van der Waals surface area contributed by atoms with Crippen molar-refractivity contribution in [2.45, 2.75) is 57.7 Å². The third kappa shape index (κ3) is 5.35. The van der Waals surface area contributed by atoms with Gasteiger partial charge in [-0.1, -0.05) is 67.6 Å². The fourth-order valence-electron chi connectivity index (χ4n) is 4.68. The molecule has 3 aromatic rings. The maximum absolute atomic E-state index is 12.7. The molecule has 5 rings (SSSR count). The Kier molecular flexibility index (Phi) is 7.33. The molecule has 1 fully saturated rings. The van der Waals surface area contributed by atoms with E-state index in [0.29, 0.717) is 29.9 Å². The van der Waals surface area contributed by atoms with Gasteiger partial charge < -0.3 is 14.2 Å². The molecule has 0 aliphatic carbocycles. The summed E-state index contributed by atoms with van der Waals surface area (Å²) in [4.78, 5) is 23.4. The van der Waals surface area contributed by atoms with Crippen LogP contribution >= 0.6 is 11.6 Å². The van der Waals surface area contributed by atoms with Crippen molar-refractivity contribution in [3.05, 3.63) is 77.3 Å². The Balaban J connectivity index is 1.11. The van der Waals surface area contributed by atoms with E-state index in [1.54, 1.807) is 0 Å². The van der Waals surface area contributed by atoms with E-state index in [4.69, 9.17) is 16.3 Å². The summed E-state index contributed by atoms with van der Waals surface area (Å²) >= 11 is 6.75. The van der Waals surface area contributed by atoms with E-state index in [2.05, 4.69) is 19.9 Å². The van der Waals surface area contributed by atoms with Crippen molar-refractivity contribution in [1.82, 2.24) is 19.8 Å². The topological polar surface area (TPSA) is 71.7 Å². The van der Waals surface area contributed by atoms with Gasteiger partial charge in [0.05, 0.1) is 30.2 Å². The molecule has 8 heteroatoms. The summed E-state index contributed by atoms with van der Waals surface area (Å²) in [5.74, 6) is 1.18. The lowest BCUT2D eigenvalue weighted by Crippen LogP contribution is -2.33. The zero-order chi connectivity index (χ0) is 24.0. The van der Waals surface area contributed by atoms with Crippen molar-refractivity contribution in [1.29, 1.82) is 0 Å². The Morgan fingerprint density at radius 3 is 2.63 bits per heavy atom. The van der Waals surface area contributed by atoms with Gasteiger partial charge in [0.1, 0.15) is 11.8 Å². The summed E-state index contributed by atoms with van der Waals surface area (Å²) in [6, 6.07) is 13.1. The molecule has 0 bridgehead atoms. The number of imidazole rings is 1. The molecule has 7 nitrogen and oxygen atoms in total. The van der Waals surface area contributed by atoms with E-state index in [9.17, 15) is 4.79 Å². The van der Waals surface area contributed by atoms with Crippen LogP contribution in [0.3, 0.4) is 0 Å². The summed E-state index contributed by atoms with van der Waals surface area (Å²) in [6.45, 7) is 2.18. The maximum Gasteiger partial charge on any atom is 0.254 e. The first-order valence-corrected chi connectivity index (χ1v) is 12.7. The van der Waals surface area contributed by atoms with E-state index in [1.807, 2.05) is 66.1 Å². The lowest BCUT2D eigenvalue weighted by Gasteiger charge is -2.29. The van der Waals surface area contributed by atoms with Crippen molar-refractivity contribution in [2.24, 2.45) is 4.99 Å². The number of nitrogens with one attached hydrogen (secondary N) is 1. The number of halogens is 1. The zero-order valence-electron chi connectivity index (χ0n) is 19.7. The minimum atomic E-state index is -0.413. The van der Waals surface area contributed by atoms with E-state index < -0.39 is 6.04 Å². The number of carbonyl (C=O) groups is 1. The molecule has 182 valence electrons. The quantitative estimate of drug-likeness (QED) is 0.353. The highest BCUT2D eigenvalue weighted by molar-refractivity contribution is 6.33. The SMILES string of the molecule is O=C1NC2=Nc3ccc(OCCCCCCCCn4ccnc4)c(Cl)c3CN2C1c1ccccc1. The number of fused-ring (bicyclic) bond motifs is 2. The van der Waals surface area contributed by atoms with Crippen LogP contribution in [0.25, 0.3) is 0 Å². The standard InChI is InChI=1S/C27H30ClN5O2/c28-24-21-18-33-25(20-10-6-5-7-11-20)26(34)31-27(33)30-22(21)12-13-23(24)35-17-9-4-2-1-3-8-15-32-16-14-29-19-32/h5-7,10-14,16,19,25H,1-4,8-9,15,17-18H2,(H,30,31,34). The van der Waals surface area contributed by atoms with Crippen LogP contribution in [0.15, 0.2) is 66.2 Å². The summed E-state index contributed by atoms with van der Waals surface area (Å²) < 4.78 is 8.16. The third-order valence-corrected chi connectivity index (χ3v) is 6.96. The van der Waals surface area contributed by atoms with Crippen LogP contribution in [0.2, 0.25) is 5.02 Å². The molecular formula is C27H30ClN5O2. The average Bonchev–Trinajstić information content (AvgIpc) is 3.50. The molecule has 1 unspecified atom stereocenters. The number of aromatic nitrogens is 2. The smallest absolute Gasteiger partial charge is 0.254 e. The molecule has 1 saturated heterocycles. The predicted octanol–water partition coefficient (Wildman–Crippen LogP) is 5.63. The van der Waals surface area contributed by atoms with Gasteiger partial charge in [0.15, 0.2) is 0 Å². The van der Waals surface area contributed by atoms with Gasteiger partial charge in [-0.2, -0.15) is 0 Å². The van der Waals surface area contributed by atoms with Crippen molar-refractivity contribution >= 4 is 29.2 Å². The summed E-state index contributed by atoms with van der Waals surface area (Å²) in [7, 11) is 0. The van der Waals surface area contributed by atoms with E-state index in [1.165, 1.54) is 25.7 Å². The highest BCUT2D eigenvalue weighted by atomic mass is 35.5. The van der Waals surface area contributed by atoms with Gasteiger partial charge >= 0.3 is 0 Å². The molecular weight excluding hydrogens is 462 g/mol. The number of carbonyl (C=O) groups excluding carboxylic acids is 1. The Hall–Kier alpha value is -3.32. The third-order valence-electron chi connectivity index (χ3n) is 6.55. The maximum atomic E-state index is 12.7. The highest BCUT2D eigenvalue weighted by Gasteiger charge is 2.40. The van der Waals surface area contributed by atoms with Gasteiger partial charge in [-0.3, -0.25) is 10.1 Å². The number of hydrogen-bond donors (Lipinski definition) is 1. The molecule has 1 aromatic heterocycles. The Morgan fingerprint density at radius 1 is 1.03 bits per heavy atom. The lowest BCUT2D eigenvalue weighted by molar-refractivity contribution is -0.121. The normalized spacial score (nSPS) is 16.5. The van der Waals surface area contributed by atoms with Gasteiger partial charge in [-0.05, 0) is 30.5 Å². The van der Waals surface area contributed by atoms with Gasteiger partial charge in [0.2, 0.25) is 5.96 Å². The number of benzene rings is 2. The second kappa shape index (κ2) is 11.0. The molecule has 2 aliphatic heterocycles. The molecule has 1 atom stereocenters. The van der Waals surface area contributed by atoms with Crippen LogP contribution in [0.1, 0.15) is 55.7 Å². The lowest BCUT2D eigenvalue weighted by atomic mass is 10.0. The van der Waals surface area contributed by atoms with Crippen LogP contribution in [0.5, 0.6) is 5.75 Å². The average molecular weight is 492 g/mol. The van der Waals surface area contributed by atoms with Crippen molar-refractivity contribution in [3.8, 4) is 5.75 Å². The number of aryl methyl sites for hydroxylation is 1. The Labute approximate surface area is 210 Å². The number of rotatable bonds is 11. The molecule has 35 heavy (non-hydrogen) atoms. The first-order chi connectivity index (χ1) is 17.2. The molecule has 0 spiro atoms. The second-order valence-electron chi connectivity index (χ2n) is 9.01. The fourth-order valence-corrected chi connectivity index (χ4v) is 4.96. The number of nitrogens with zero attached hydrogens (tertiary/aromatic N) is 4. The minimum absolute atomic E-state index is 0.0721. The molecule has 0 saturated carbocycles. The van der Waals surface area contributed by atoms with Crippen molar-refractivity contribution in [3.63, 3.8) is 0 Å². The van der Waals surface area contributed by atoms with Gasteiger partial charge in [-0.15, -0.1) is 0 Å². The zero-order valence-corrected chi connectivity index (χ0v) is 20.5. The summed E-state index contributed by atoms with van der Waals surface area (Å²) in [5.41, 5.74) is 2.60. The Bertz CT molecular complexity index is 1180. The Morgan fingerprint density at radius 2 is 1.83 bits per heavy atom. The first kappa shape index (κ1) is 23.4. The predicted molar refractivity (Wildman–Crippen MR) is 137 cm³/mol. The number of ether oxygens (including phenoxy) is 1. The highest BCUT2D eigenvalue weighted by Crippen LogP contribution is 2.41. The van der Waals surface area contributed by atoms with Gasteiger partial charge in [0.25, 0.3) is 5.91 Å². The number of amides is 1. The molecule has 1 amide bonds. The fraction of sp³-hybridized carbons (Fsp3) is 0.370. The molecule has 3 heterocycles.